The average molecular weight is 287 g/mol. The first-order chi connectivity index (χ1) is 9.69. The van der Waals surface area contributed by atoms with Crippen LogP contribution in [-0.4, -0.2) is 10.9 Å². The molecule has 0 fully saturated rings. The molecule has 104 valence electrons. The van der Waals surface area contributed by atoms with Gasteiger partial charge in [0, 0.05) is 17.2 Å². The Kier molecular flexibility index (Phi) is 3.44. The van der Waals surface area contributed by atoms with Gasteiger partial charge in [0.15, 0.2) is 5.13 Å². The SMILES string of the molecule is CCc1ccccc1C1CC(=O)NCc2nc(N)sc21. The number of fused-ring (bicyclic) bond motifs is 1. The normalized spacial score (nSPS) is 18.2. The highest BCUT2D eigenvalue weighted by atomic mass is 32.1. The molecule has 20 heavy (non-hydrogen) atoms. The maximum atomic E-state index is 12.0. The van der Waals surface area contributed by atoms with E-state index in [0.29, 0.717) is 18.1 Å². The van der Waals surface area contributed by atoms with Gasteiger partial charge in [0.2, 0.25) is 5.91 Å². The lowest BCUT2D eigenvalue weighted by molar-refractivity contribution is -0.121. The van der Waals surface area contributed by atoms with Crippen molar-refractivity contribution in [3.63, 3.8) is 0 Å². The van der Waals surface area contributed by atoms with E-state index in [-0.39, 0.29) is 11.8 Å². The predicted octanol–water partition coefficient (Wildman–Crippen LogP) is 2.44. The van der Waals surface area contributed by atoms with E-state index in [0.717, 1.165) is 17.0 Å². The van der Waals surface area contributed by atoms with Gasteiger partial charge in [0.1, 0.15) is 0 Å². The van der Waals surface area contributed by atoms with Gasteiger partial charge in [-0.15, -0.1) is 11.3 Å². The van der Waals surface area contributed by atoms with Crippen molar-refractivity contribution in [1.82, 2.24) is 10.3 Å². The Bertz CT molecular complexity index is 650. The van der Waals surface area contributed by atoms with Crippen LogP contribution in [0.15, 0.2) is 24.3 Å². The third kappa shape index (κ3) is 2.29. The Balaban J connectivity index is 2.12. The quantitative estimate of drug-likeness (QED) is 0.891. The van der Waals surface area contributed by atoms with E-state index in [1.165, 1.54) is 22.5 Å². The fourth-order valence-corrected chi connectivity index (χ4v) is 3.73. The molecule has 3 rings (SSSR count). The summed E-state index contributed by atoms with van der Waals surface area (Å²) in [5.41, 5.74) is 9.26. The zero-order valence-corrected chi connectivity index (χ0v) is 12.2. The average Bonchev–Trinajstić information content (AvgIpc) is 2.76. The lowest BCUT2D eigenvalue weighted by atomic mass is 9.89. The number of nitrogens with two attached hydrogens (primary N) is 1. The van der Waals surface area contributed by atoms with Gasteiger partial charge in [-0.1, -0.05) is 31.2 Å². The van der Waals surface area contributed by atoms with E-state index in [1.807, 2.05) is 12.1 Å². The summed E-state index contributed by atoms with van der Waals surface area (Å²) in [6, 6.07) is 8.31. The number of hydrogen-bond acceptors (Lipinski definition) is 4. The Morgan fingerprint density at radius 2 is 2.25 bits per heavy atom. The molecule has 0 bridgehead atoms. The van der Waals surface area contributed by atoms with E-state index >= 15 is 0 Å². The monoisotopic (exact) mass is 287 g/mol. The number of anilines is 1. The minimum absolute atomic E-state index is 0.0680. The molecule has 0 saturated carbocycles. The van der Waals surface area contributed by atoms with Crippen molar-refractivity contribution in [3.05, 3.63) is 46.0 Å². The molecule has 0 spiro atoms. The van der Waals surface area contributed by atoms with Crippen LogP contribution in [0, 0.1) is 0 Å². The van der Waals surface area contributed by atoms with Gasteiger partial charge >= 0.3 is 0 Å². The highest BCUT2D eigenvalue weighted by Crippen LogP contribution is 2.38. The lowest BCUT2D eigenvalue weighted by Gasteiger charge is -2.17. The molecule has 5 heteroatoms. The van der Waals surface area contributed by atoms with Crippen LogP contribution >= 0.6 is 11.3 Å². The van der Waals surface area contributed by atoms with Gasteiger partial charge in [-0.3, -0.25) is 4.79 Å². The van der Waals surface area contributed by atoms with E-state index in [1.54, 1.807) is 0 Å². The minimum Gasteiger partial charge on any atom is -0.375 e. The Hall–Kier alpha value is -1.88. The number of nitrogen functional groups attached to an aromatic ring is 1. The molecule has 1 atom stereocenters. The summed E-state index contributed by atoms with van der Waals surface area (Å²) < 4.78 is 0. The fourth-order valence-electron chi connectivity index (χ4n) is 2.76. The molecule has 4 nitrogen and oxygen atoms in total. The van der Waals surface area contributed by atoms with Crippen LogP contribution in [0.2, 0.25) is 0 Å². The summed E-state index contributed by atoms with van der Waals surface area (Å²) in [5.74, 6) is 0.142. The topological polar surface area (TPSA) is 68.0 Å². The molecule has 0 saturated heterocycles. The van der Waals surface area contributed by atoms with Crippen molar-refractivity contribution in [2.24, 2.45) is 0 Å². The molecule has 1 aliphatic heterocycles. The number of nitrogens with one attached hydrogen (secondary N) is 1. The number of aryl methyl sites for hydroxylation is 1. The molecule has 2 heterocycles. The van der Waals surface area contributed by atoms with Crippen molar-refractivity contribution in [3.8, 4) is 0 Å². The maximum absolute atomic E-state index is 12.0. The van der Waals surface area contributed by atoms with Crippen LogP contribution in [0.5, 0.6) is 0 Å². The maximum Gasteiger partial charge on any atom is 0.221 e. The van der Waals surface area contributed by atoms with E-state index in [2.05, 4.69) is 29.4 Å². The van der Waals surface area contributed by atoms with E-state index < -0.39 is 0 Å². The van der Waals surface area contributed by atoms with Crippen molar-refractivity contribution in [2.45, 2.75) is 32.2 Å². The Morgan fingerprint density at radius 1 is 1.45 bits per heavy atom. The van der Waals surface area contributed by atoms with Gasteiger partial charge in [0.25, 0.3) is 0 Å². The highest BCUT2D eigenvalue weighted by Gasteiger charge is 2.28. The first-order valence-corrected chi connectivity index (χ1v) is 7.60. The third-order valence-electron chi connectivity index (χ3n) is 3.71. The summed E-state index contributed by atoms with van der Waals surface area (Å²) >= 11 is 1.50. The molecule has 1 aliphatic rings. The second-order valence-electron chi connectivity index (χ2n) is 4.95. The van der Waals surface area contributed by atoms with Crippen LogP contribution in [0.1, 0.15) is 41.0 Å². The van der Waals surface area contributed by atoms with Crippen LogP contribution in [0.3, 0.4) is 0 Å². The number of carbonyl (C=O) groups excluding carboxylic acids is 1. The van der Waals surface area contributed by atoms with Gasteiger partial charge in [-0.25, -0.2) is 4.98 Å². The second kappa shape index (κ2) is 5.25. The number of thiazole rings is 1. The standard InChI is InChI=1S/C15H17N3OS/c1-2-9-5-3-4-6-10(9)11-7-13(19)17-8-12-14(11)20-15(16)18-12/h3-6,11H,2,7-8H2,1H3,(H2,16,18)(H,17,19). The molecular formula is C15H17N3OS. The summed E-state index contributed by atoms with van der Waals surface area (Å²) in [4.78, 5) is 17.4. The summed E-state index contributed by atoms with van der Waals surface area (Å²) in [5, 5.41) is 3.48. The summed E-state index contributed by atoms with van der Waals surface area (Å²) in [7, 11) is 0. The Labute approximate surface area is 122 Å². The number of nitrogens with zero attached hydrogens (tertiary/aromatic N) is 1. The third-order valence-corrected chi connectivity index (χ3v) is 4.76. The molecule has 1 aromatic heterocycles. The molecular weight excluding hydrogens is 270 g/mol. The Morgan fingerprint density at radius 3 is 3.05 bits per heavy atom. The van der Waals surface area contributed by atoms with E-state index in [9.17, 15) is 4.79 Å². The van der Waals surface area contributed by atoms with Crippen molar-refractivity contribution >= 4 is 22.4 Å². The molecule has 1 aromatic carbocycles. The fraction of sp³-hybridized carbons (Fsp3) is 0.333. The molecule has 0 radical (unpaired) electrons. The molecule has 3 N–H and O–H groups in total. The molecule has 2 aromatic rings. The van der Waals surface area contributed by atoms with Gasteiger partial charge in [-0.05, 0) is 17.5 Å². The molecule has 0 aliphatic carbocycles. The van der Waals surface area contributed by atoms with Gasteiger partial charge in [0.05, 0.1) is 12.2 Å². The van der Waals surface area contributed by atoms with Crippen molar-refractivity contribution < 1.29 is 4.79 Å². The summed E-state index contributed by atoms with van der Waals surface area (Å²) in [6.45, 7) is 2.62. The predicted molar refractivity (Wildman–Crippen MR) is 80.7 cm³/mol. The van der Waals surface area contributed by atoms with Crippen LogP contribution < -0.4 is 11.1 Å². The largest absolute Gasteiger partial charge is 0.375 e. The van der Waals surface area contributed by atoms with Crippen molar-refractivity contribution in [2.75, 3.05) is 5.73 Å². The number of rotatable bonds is 2. The number of aromatic nitrogens is 1. The van der Waals surface area contributed by atoms with Gasteiger partial charge in [-0.2, -0.15) is 0 Å². The zero-order valence-electron chi connectivity index (χ0n) is 11.3. The number of hydrogen-bond donors (Lipinski definition) is 2. The second-order valence-corrected chi connectivity index (χ2v) is 6.01. The van der Waals surface area contributed by atoms with Crippen LogP contribution in [-0.2, 0) is 17.8 Å². The smallest absolute Gasteiger partial charge is 0.221 e. The van der Waals surface area contributed by atoms with Gasteiger partial charge < -0.3 is 11.1 Å². The lowest BCUT2D eigenvalue weighted by Crippen LogP contribution is -2.21. The minimum atomic E-state index is 0.0680. The number of amides is 1. The number of benzene rings is 1. The first-order valence-electron chi connectivity index (χ1n) is 6.78. The molecule has 1 amide bonds. The zero-order chi connectivity index (χ0) is 14.1. The first kappa shape index (κ1) is 13.1. The molecule has 1 unspecified atom stereocenters. The highest BCUT2D eigenvalue weighted by molar-refractivity contribution is 7.15. The van der Waals surface area contributed by atoms with Crippen LogP contribution in [0.4, 0.5) is 5.13 Å². The van der Waals surface area contributed by atoms with Crippen molar-refractivity contribution in [1.29, 1.82) is 0 Å². The van der Waals surface area contributed by atoms with E-state index in [4.69, 9.17) is 5.73 Å². The number of carbonyl (C=O) groups is 1. The van der Waals surface area contributed by atoms with Crippen LogP contribution in [0.25, 0.3) is 0 Å². The summed E-state index contributed by atoms with van der Waals surface area (Å²) in [6.07, 6.45) is 1.42.